The van der Waals surface area contributed by atoms with E-state index in [-0.39, 0.29) is 5.97 Å². The SMILES string of the molecule is C=CC[C@@]1(O)CCC[C@@]1(CCCCC)C(=O)OCC. The second kappa shape index (κ2) is 7.09. The van der Waals surface area contributed by atoms with Crippen LogP contribution in [0, 0.1) is 5.41 Å². The van der Waals surface area contributed by atoms with Crippen LogP contribution in [0.5, 0.6) is 0 Å². The van der Waals surface area contributed by atoms with E-state index in [0.29, 0.717) is 19.4 Å². The molecule has 0 aromatic heterocycles. The number of aliphatic hydroxyl groups is 1. The molecule has 0 amide bonds. The first-order valence-corrected chi connectivity index (χ1v) is 7.57. The van der Waals surface area contributed by atoms with Crippen LogP contribution in [0.2, 0.25) is 0 Å². The molecule has 1 N–H and O–H groups in total. The molecule has 1 rings (SSSR count). The first-order valence-electron chi connectivity index (χ1n) is 7.57. The normalized spacial score (nSPS) is 30.3. The Morgan fingerprint density at radius 2 is 2.11 bits per heavy atom. The van der Waals surface area contributed by atoms with Gasteiger partial charge in [-0.05, 0) is 39.0 Å². The summed E-state index contributed by atoms with van der Waals surface area (Å²) in [7, 11) is 0. The lowest BCUT2D eigenvalue weighted by atomic mass is 9.69. The largest absolute Gasteiger partial charge is 0.465 e. The third kappa shape index (κ3) is 3.19. The van der Waals surface area contributed by atoms with E-state index >= 15 is 0 Å². The highest BCUT2D eigenvalue weighted by Gasteiger charge is 2.58. The Morgan fingerprint density at radius 1 is 1.37 bits per heavy atom. The van der Waals surface area contributed by atoms with Crippen molar-refractivity contribution in [3.05, 3.63) is 12.7 Å². The van der Waals surface area contributed by atoms with Gasteiger partial charge in [0.1, 0.15) is 0 Å². The molecule has 19 heavy (non-hydrogen) atoms. The van der Waals surface area contributed by atoms with Gasteiger partial charge in [-0.2, -0.15) is 0 Å². The third-order valence-corrected chi connectivity index (χ3v) is 4.44. The lowest BCUT2D eigenvalue weighted by Crippen LogP contribution is -2.50. The number of rotatable bonds is 8. The zero-order valence-corrected chi connectivity index (χ0v) is 12.4. The summed E-state index contributed by atoms with van der Waals surface area (Å²) in [6.45, 7) is 8.06. The van der Waals surface area contributed by atoms with Crippen molar-refractivity contribution in [2.75, 3.05) is 6.61 Å². The molecule has 0 aliphatic heterocycles. The summed E-state index contributed by atoms with van der Waals surface area (Å²) in [4.78, 5) is 12.4. The lowest BCUT2D eigenvalue weighted by Gasteiger charge is -2.40. The van der Waals surface area contributed by atoms with Gasteiger partial charge in [-0.15, -0.1) is 6.58 Å². The predicted molar refractivity (Wildman–Crippen MR) is 76.8 cm³/mol. The maximum absolute atomic E-state index is 12.4. The summed E-state index contributed by atoms with van der Waals surface area (Å²) in [6.07, 6.45) is 8.37. The summed E-state index contributed by atoms with van der Waals surface area (Å²) in [6, 6.07) is 0. The maximum Gasteiger partial charge on any atom is 0.315 e. The molecule has 0 radical (unpaired) electrons. The van der Waals surface area contributed by atoms with Gasteiger partial charge in [-0.25, -0.2) is 0 Å². The second-order valence-electron chi connectivity index (χ2n) is 5.64. The second-order valence-corrected chi connectivity index (χ2v) is 5.64. The minimum Gasteiger partial charge on any atom is -0.465 e. The predicted octanol–water partition coefficient (Wildman–Crippen LogP) is 3.61. The van der Waals surface area contributed by atoms with Crippen LogP contribution in [0.3, 0.4) is 0 Å². The highest BCUT2D eigenvalue weighted by atomic mass is 16.5. The van der Waals surface area contributed by atoms with Crippen LogP contribution in [0.15, 0.2) is 12.7 Å². The first-order chi connectivity index (χ1) is 9.06. The van der Waals surface area contributed by atoms with Crippen molar-refractivity contribution in [1.82, 2.24) is 0 Å². The molecule has 1 saturated carbocycles. The Hall–Kier alpha value is -0.830. The van der Waals surface area contributed by atoms with E-state index in [9.17, 15) is 9.90 Å². The average molecular weight is 268 g/mol. The highest BCUT2D eigenvalue weighted by Crippen LogP contribution is 2.52. The minimum atomic E-state index is -0.964. The van der Waals surface area contributed by atoms with E-state index in [1.807, 2.05) is 6.92 Å². The van der Waals surface area contributed by atoms with Crippen LogP contribution in [-0.4, -0.2) is 23.3 Å². The van der Waals surface area contributed by atoms with Crippen molar-refractivity contribution in [1.29, 1.82) is 0 Å². The summed E-state index contributed by atoms with van der Waals surface area (Å²) in [5, 5.41) is 10.9. The van der Waals surface area contributed by atoms with Gasteiger partial charge in [-0.3, -0.25) is 4.79 Å². The van der Waals surface area contributed by atoms with Gasteiger partial charge in [0.25, 0.3) is 0 Å². The Bertz CT molecular complexity index is 313. The van der Waals surface area contributed by atoms with E-state index in [4.69, 9.17) is 4.74 Å². The molecular formula is C16H28O3. The summed E-state index contributed by atoms with van der Waals surface area (Å²) in [5.41, 5.74) is -1.68. The van der Waals surface area contributed by atoms with Gasteiger partial charge in [0, 0.05) is 0 Å². The molecule has 1 fully saturated rings. The molecule has 1 aliphatic carbocycles. The average Bonchev–Trinajstić information content (AvgIpc) is 2.69. The first kappa shape index (κ1) is 16.2. The van der Waals surface area contributed by atoms with Crippen molar-refractivity contribution in [3.8, 4) is 0 Å². The highest BCUT2D eigenvalue weighted by molar-refractivity contribution is 5.79. The number of unbranched alkanes of at least 4 members (excludes halogenated alkanes) is 2. The zero-order valence-electron chi connectivity index (χ0n) is 12.4. The zero-order chi connectivity index (χ0) is 14.4. The van der Waals surface area contributed by atoms with Crippen molar-refractivity contribution < 1.29 is 14.6 Å². The number of hydrogen-bond acceptors (Lipinski definition) is 3. The third-order valence-electron chi connectivity index (χ3n) is 4.44. The molecule has 0 spiro atoms. The molecular weight excluding hydrogens is 240 g/mol. The summed E-state index contributed by atoms with van der Waals surface area (Å²) < 4.78 is 5.27. The molecule has 3 heteroatoms. The maximum atomic E-state index is 12.4. The monoisotopic (exact) mass is 268 g/mol. The molecule has 0 heterocycles. The van der Waals surface area contributed by atoms with Crippen molar-refractivity contribution in [2.45, 2.75) is 70.8 Å². The lowest BCUT2D eigenvalue weighted by molar-refractivity contribution is -0.172. The van der Waals surface area contributed by atoms with E-state index in [2.05, 4.69) is 13.5 Å². The van der Waals surface area contributed by atoms with Crippen LogP contribution in [0.4, 0.5) is 0 Å². The Morgan fingerprint density at radius 3 is 2.68 bits per heavy atom. The van der Waals surface area contributed by atoms with Gasteiger partial charge in [0.2, 0.25) is 0 Å². The number of ether oxygens (including phenoxy) is 1. The van der Waals surface area contributed by atoms with Gasteiger partial charge < -0.3 is 9.84 Å². The topological polar surface area (TPSA) is 46.5 Å². The molecule has 3 nitrogen and oxygen atoms in total. The molecule has 0 saturated heterocycles. The van der Waals surface area contributed by atoms with Crippen molar-refractivity contribution >= 4 is 5.97 Å². The van der Waals surface area contributed by atoms with Crippen LogP contribution in [0.25, 0.3) is 0 Å². The standard InChI is InChI=1S/C16H28O3/c1-4-7-8-11-15(14(17)19-6-3)12-9-13-16(15,18)10-5-2/h5,18H,2,4,6-13H2,1,3H3/t15-,16+/m0/s1. The Kier molecular flexibility index (Phi) is 6.05. The fraction of sp³-hybridized carbons (Fsp3) is 0.812. The Balaban J connectivity index is 2.95. The smallest absolute Gasteiger partial charge is 0.315 e. The number of carbonyl (C=O) groups is 1. The Labute approximate surface area is 117 Å². The van der Waals surface area contributed by atoms with Gasteiger partial charge in [0.05, 0.1) is 17.6 Å². The molecule has 2 atom stereocenters. The summed E-state index contributed by atoms with van der Waals surface area (Å²) >= 11 is 0. The number of carbonyl (C=O) groups excluding carboxylic acids is 1. The van der Waals surface area contributed by atoms with Crippen LogP contribution >= 0.6 is 0 Å². The number of esters is 1. The molecule has 0 unspecified atom stereocenters. The van der Waals surface area contributed by atoms with Gasteiger partial charge in [0.15, 0.2) is 0 Å². The summed E-state index contributed by atoms with van der Waals surface area (Å²) in [5.74, 6) is -0.215. The molecule has 0 aromatic rings. The minimum absolute atomic E-state index is 0.215. The van der Waals surface area contributed by atoms with E-state index in [1.54, 1.807) is 6.08 Å². The van der Waals surface area contributed by atoms with Crippen molar-refractivity contribution in [3.63, 3.8) is 0 Å². The molecule has 110 valence electrons. The van der Waals surface area contributed by atoms with Crippen molar-refractivity contribution in [2.24, 2.45) is 5.41 Å². The van der Waals surface area contributed by atoms with E-state index < -0.39 is 11.0 Å². The van der Waals surface area contributed by atoms with E-state index in [1.165, 1.54) is 0 Å². The molecule has 0 bridgehead atoms. The molecule has 1 aliphatic rings. The van der Waals surface area contributed by atoms with Gasteiger partial charge in [-0.1, -0.05) is 32.3 Å². The quantitative estimate of drug-likeness (QED) is 0.415. The van der Waals surface area contributed by atoms with Crippen LogP contribution < -0.4 is 0 Å². The van der Waals surface area contributed by atoms with Crippen LogP contribution in [0.1, 0.15) is 65.2 Å². The number of hydrogen-bond donors (Lipinski definition) is 1. The fourth-order valence-electron chi connectivity index (χ4n) is 3.39. The molecule has 0 aromatic carbocycles. The fourth-order valence-corrected chi connectivity index (χ4v) is 3.39. The van der Waals surface area contributed by atoms with Crippen LogP contribution in [-0.2, 0) is 9.53 Å². The van der Waals surface area contributed by atoms with Gasteiger partial charge >= 0.3 is 5.97 Å². The van der Waals surface area contributed by atoms with E-state index in [0.717, 1.165) is 38.5 Å².